The fourth-order valence-electron chi connectivity index (χ4n) is 7.63. The number of nitrogens with zero attached hydrogens (tertiary/aromatic N) is 6. The van der Waals surface area contributed by atoms with Crippen LogP contribution in [0.5, 0.6) is 23.0 Å². The van der Waals surface area contributed by atoms with Gasteiger partial charge in [-0.3, -0.25) is 19.3 Å². The number of alkyl halides is 3. The van der Waals surface area contributed by atoms with Crippen LogP contribution in [0.2, 0.25) is 0 Å². The number of rotatable bonds is 8. The maximum Gasteiger partial charge on any atom is 0.347 e. The lowest BCUT2D eigenvalue weighted by molar-refractivity contribution is -0.138. The van der Waals surface area contributed by atoms with E-state index in [1.54, 1.807) is 25.3 Å². The predicted molar refractivity (Wildman–Crippen MR) is 189 cm³/mol. The van der Waals surface area contributed by atoms with Crippen LogP contribution in [-0.4, -0.2) is 81.8 Å². The minimum absolute atomic E-state index is 0.0637. The highest BCUT2D eigenvalue weighted by atomic mass is 79.9. The number of hydrogen-bond acceptors (Lipinski definition) is 10. The molecular formula is C33H31BrCl2N6O9. The number of halogens is 3. The summed E-state index contributed by atoms with van der Waals surface area (Å²) < 4.78 is 21.2. The van der Waals surface area contributed by atoms with Gasteiger partial charge in [0.05, 0.1) is 50.4 Å². The fraction of sp³-hybridized carbons (Fsp3) is 0.394. The van der Waals surface area contributed by atoms with Crippen LogP contribution in [0.3, 0.4) is 0 Å². The van der Waals surface area contributed by atoms with Crippen molar-refractivity contribution in [3.05, 3.63) is 84.6 Å². The van der Waals surface area contributed by atoms with Gasteiger partial charge in [-0.1, -0.05) is 28.1 Å². The number of aromatic hydroxyl groups is 1. The molecule has 2 aromatic heterocycles. The standard InChI is InChI=1S/C33H31BrCl2N6O9/c1-38-21-13-25(51-4)24(50-3)12-20(21)37-19(27(38)44)8-9-39-30(47)41-10-7-17-22(42(41)31(39)48)14-32(35)28(45)40(15-34)29(46)33(32,36)26(17)18-6-5-16(43)11-23(18)49-2/h5-7,11-13,22,26,43H,8-10,14-15H2,1-4H3. The van der Waals surface area contributed by atoms with Crippen LogP contribution < -0.4 is 31.1 Å². The average molecular weight is 806 g/mol. The number of benzene rings is 2. The molecule has 4 aromatic rings. The molecule has 7 rings (SSSR count). The van der Waals surface area contributed by atoms with Crippen LogP contribution in [0.15, 0.2) is 56.4 Å². The van der Waals surface area contributed by atoms with Crippen LogP contribution in [0, 0.1) is 0 Å². The molecule has 3 aliphatic rings. The van der Waals surface area contributed by atoms with Crippen molar-refractivity contribution >= 4 is 62.0 Å². The van der Waals surface area contributed by atoms with Crippen molar-refractivity contribution in [2.75, 3.05) is 26.8 Å². The molecule has 2 aromatic carbocycles. The maximum absolute atomic E-state index is 14.2. The molecule has 0 spiro atoms. The lowest BCUT2D eigenvalue weighted by atomic mass is 9.64. The Morgan fingerprint density at radius 2 is 1.65 bits per heavy atom. The first-order valence-electron chi connectivity index (χ1n) is 15.7. The van der Waals surface area contributed by atoms with Gasteiger partial charge in [0.1, 0.15) is 17.2 Å². The highest BCUT2D eigenvalue weighted by Gasteiger charge is 2.75. The molecule has 268 valence electrons. The van der Waals surface area contributed by atoms with E-state index >= 15 is 0 Å². The monoisotopic (exact) mass is 804 g/mol. The number of allylic oxidation sites excluding steroid dienone is 2. The van der Waals surface area contributed by atoms with Gasteiger partial charge in [0.15, 0.2) is 21.2 Å². The summed E-state index contributed by atoms with van der Waals surface area (Å²) in [6.45, 7) is -0.267. The lowest BCUT2D eigenvalue weighted by Gasteiger charge is -2.49. The van der Waals surface area contributed by atoms with Crippen molar-refractivity contribution in [3.63, 3.8) is 0 Å². The topological polar surface area (TPSA) is 169 Å². The largest absolute Gasteiger partial charge is 0.508 e. The zero-order valence-electron chi connectivity index (χ0n) is 27.7. The van der Waals surface area contributed by atoms with Crippen molar-refractivity contribution in [1.82, 2.24) is 28.4 Å². The highest BCUT2D eigenvalue weighted by molar-refractivity contribution is 9.09. The second-order valence-corrected chi connectivity index (χ2v) is 14.2. The number of fused-ring (bicyclic) bond motifs is 5. The number of carbonyl (C=O) groups is 2. The number of amides is 2. The molecule has 2 aliphatic heterocycles. The minimum Gasteiger partial charge on any atom is -0.508 e. The molecule has 0 radical (unpaired) electrons. The fourth-order valence-corrected chi connectivity index (χ4v) is 9.03. The summed E-state index contributed by atoms with van der Waals surface area (Å²) in [6, 6.07) is 6.54. The summed E-state index contributed by atoms with van der Waals surface area (Å²) >= 11 is 17.7. The van der Waals surface area contributed by atoms with Gasteiger partial charge < -0.3 is 23.9 Å². The molecule has 2 amide bonds. The lowest BCUT2D eigenvalue weighted by Crippen LogP contribution is -2.59. The van der Waals surface area contributed by atoms with Gasteiger partial charge in [-0.25, -0.2) is 28.5 Å². The Morgan fingerprint density at radius 3 is 2.31 bits per heavy atom. The van der Waals surface area contributed by atoms with E-state index in [1.807, 2.05) is 0 Å². The molecule has 1 saturated heterocycles. The Kier molecular flexibility index (Phi) is 8.42. The number of ether oxygens (including phenoxy) is 3. The smallest absolute Gasteiger partial charge is 0.347 e. The van der Waals surface area contributed by atoms with E-state index in [1.165, 1.54) is 53.5 Å². The number of likely N-dealkylation sites (tertiary alicyclic amines) is 1. The Morgan fingerprint density at radius 1 is 0.961 bits per heavy atom. The third-order valence-corrected chi connectivity index (χ3v) is 12.0. The zero-order valence-corrected chi connectivity index (χ0v) is 30.8. The minimum atomic E-state index is -2.06. The molecule has 4 unspecified atom stereocenters. The van der Waals surface area contributed by atoms with Crippen molar-refractivity contribution < 1.29 is 28.9 Å². The Labute approximate surface area is 307 Å². The molecule has 15 nitrogen and oxygen atoms in total. The molecule has 0 bridgehead atoms. The van der Waals surface area contributed by atoms with Gasteiger partial charge in [0.2, 0.25) is 0 Å². The normalized spacial score (nSPS) is 23.9. The van der Waals surface area contributed by atoms with E-state index in [2.05, 4.69) is 20.9 Å². The zero-order chi connectivity index (χ0) is 36.7. The van der Waals surface area contributed by atoms with Crippen LogP contribution in [0.4, 0.5) is 0 Å². The molecule has 1 aliphatic carbocycles. The van der Waals surface area contributed by atoms with Gasteiger partial charge in [0.25, 0.3) is 17.4 Å². The first kappa shape index (κ1) is 34.9. The van der Waals surface area contributed by atoms with Gasteiger partial charge in [0, 0.05) is 56.1 Å². The van der Waals surface area contributed by atoms with Crippen molar-refractivity contribution in [2.45, 2.75) is 47.6 Å². The van der Waals surface area contributed by atoms with Crippen LogP contribution in [0.1, 0.15) is 29.6 Å². The van der Waals surface area contributed by atoms with E-state index < -0.39 is 50.5 Å². The summed E-state index contributed by atoms with van der Waals surface area (Å²) in [5.41, 5.74) is -0.0916. The van der Waals surface area contributed by atoms with E-state index in [0.29, 0.717) is 33.7 Å². The van der Waals surface area contributed by atoms with Crippen LogP contribution in [-0.2, 0) is 36.1 Å². The number of imide groups is 1. The van der Waals surface area contributed by atoms with Crippen LogP contribution >= 0.6 is 39.1 Å². The van der Waals surface area contributed by atoms with E-state index in [-0.39, 0.29) is 48.6 Å². The van der Waals surface area contributed by atoms with E-state index in [0.717, 1.165) is 9.47 Å². The third kappa shape index (κ3) is 4.75. The number of aromatic nitrogens is 5. The van der Waals surface area contributed by atoms with Gasteiger partial charge in [-0.2, -0.15) is 0 Å². The summed E-state index contributed by atoms with van der Waals surface area (Å²) in [4.78, 5) is 70.6. The first-order chi connectivity index (χ1) is 24.3. The number of phenolic OH excluding ortho intramolecular Hbond substituents is 1. The number of methoxy groups -OCH3 is 3. The molecule has 18 heteroatoms. The van der Waals surface area contributed by atoms with Gasteiger partial charge in [-0.05, 0) is 11.6 Å². The SMILES string of the molecule is COc1cc2nc(CCn3c(=O)n4n(c3=O)C3CC5(Cl)C(=O)N(CBr)C(=O)C5(Cl)C(c5ccc(O)cc5OC)C3=CC4)c(=O)n(C)c2cc1OC. The number of phenols is 1. The van der Waals surface area contributed by atoms with E-state index in [4.69, 9.17) is 37.4 Å². The summed E-state index contributed by atoms with van der Waals surface area (Å²) in [6.07, 6.45) is 1.34. The Bertz CT molecular complexity index is 2380. The predicted octanol–water partition coefficient (Wildman–Crippen LogP) is 2.38. The molecule has 1 saturated carbocycles. The second-order valence-electron chi connectivity index (χ2n) is 12.5. The molecular weight excluding hydrogens is 775 g/mol. The summed E-state index contributed by atoms with van der Waals surface area (Å²) in [5, 5.41) is 10.2. The molecule has 51 heavy (non-hydrogen) atoms. The number of aryl methyl sites for hydroxylation is 2. The van der Waals surface area contributed by atoms with Gasteiger partial charge >= 0.3 is 11.4 Å². The van der Waals surface area contributed by atoms with Crippen molar-refractivity contribution in [3.8, 4) is 23.0 Å². The third-order valence-electron chi connectivity index (χ3n) is 10.1. The maximum atomic E-state index is 14.2. The highest BCUT2D eigenvalue weighted by Crippen LogP contribution is 2.64. The van der Waals surface area contributed by atoms with Crippen molar-refractivity contribution in [2.24, 2.45) is 7.05 Å². The molecule has 4 heterocycles. The molecule has 2 fully saturated rings. The summed E-state index contributed by atoms with van der Waals surface area (Å²) in [5.74, 6) is -1.73. The Hall–Kier alpha value is -4.54. The molecule has 1 N–H and O–H groups in total. The average Bonchev–Trinajstić information content (AvgIpc) is 3.45. The van der Waals surface area contributed by atoms with Crippen LogP contribution in [0.25, 0.3) is 11.0 Å². The second kappa shape index (κ2) is 12.3. The Balaban J connectivity index is 1.33. The number of hydrogen-bond donors (Lipinski definition) is 1. The van der Waals surface area contributed by atoms with E-state index in [9.17, 15) is 29.1 Å². The first-order valence-corrected chi connectivity index (χ1v) is 17.6. The summed E-state index contributed by atoms with van der Waals surface area (Å²) in [7, 11) is 5.92. The number of carbonyl (C=O) groups excluding carboxylic acids is 2. The van der Waals surface area contributed by atoms with Crippen molar-refractivity contribution in [1.29, 1.82) is 0 Å². The molecule has 4 atom stereocenters. The quantitative estimate of drug-likeness (QED) is 0.121. The van der Waals surface area contributed by atoms with Gasteiger partial charge in [-0.15, -0.1) is 23.2 Å².